The first kappa shape index (κ1) is 11.1. The smallest absolute Gasteiger partial charge is 0.270 e. The van der Waals surface area contributed by atoms with Crippen molar-refractivity contribution in [3.05, 3.63) is 38.3 Å². The van der Waals surface area contributed by atoms with Crippen molar-refractivity contribution in [2.45, 2.75) is 19.4 Å². The van der Waals surface area contributed by atoms with Crippen molar-refractivity contribution in [2.24, 2.45) is 0 Å². The van der Waals surface area contributed by atoms with E-state index in [1.165, 1.54) is 12.1 Å². The molecule has 0 aliphatic carbocycles. The van der Waals surface area contributed by atoms with Crippen molar-refractivity contribution >= 4 is 21.6 Å². The van der Waals surface area contributed by atoms with E-state index in [1.54, 1.807) is 13.0 Å². The number of hydrogen-bond acceptors (Lipinski definition) is 3. The second-order valence-electron chi connectivity index (χ2n) is 3.13. The van der Waals surface area contributed by atoms with Gasteiger partial charge in [0, 0.05) is 16.6 Å². The van der Waals surface area contributed by atoms with Gasteiger partial charge < -0.3 is 5.11 Å². The van der Waals surface area contributed by atoms with Crippen molar-refractivity contribution in [2.75, 3.05) is 0 Å². The first-order chi connectivity index (χ1) is 6.49. The predicted octanol–water partition coefficient (Wildman–Crippen LogP) is 2.28. The van der Waals surface area contributed by atoms with E-state index in [-0.39, 0.29) is 5.69 Å². The molecule has 0 bridgehead atoms. The van der Waals surface area contributed by atoms with E-state index < -0.39 is 11.0 Å². The summed E-state index contributed by atoms with van der Waals surface area (Å²) in [5.74, 6) is 0. The standard InChI is InChI=1S/C9H10BrNO3/c1-6(12)2-7-3-8(10)5-9(4-7)11(13)14/h3-6,12H,2H2,1H3/t6-/m1/s1. The Bertz CT molecular complexity index is 352. The molecular weight excluding hydrogens is 250 g/mol. The minimum Gasteiger partial charge on any atom is -0.393 e. The summed E-state index contributed by atoms with van der Waals surface area (Å²) >= 11 is 3.19. The normalized spacial score (nSPS) is 12.5. The molecule has 0 aromatic heterocycles. The molecular formula is C9H10BrNO3. The number of nitro groups is 1. The molecule has 0 saturated heterocycles. The lowest BCUT2D eigenvalue weighted by molar-refractivity contribution is -0.385. The van der Waals surface area contributed by atoms with Gasteiger partial charge in [-0.3, -0.25) is 10.1 Å². The van der Waals surface area contributed by atoms with Gasteiger partial charge in [0.15, 0.2) is 0 Å². The van der Waals surface area contributed by atoms with E-state index in [0.29, 0.717) is 10.9 Å². The van der Waals surface area contributed by atoms with Crippen LogP contribution in [0, 0.1) is 10.1 Å². The van der Waals surface area contributed by atoms with Crippen LogP contribution in [0.3, 0.4) is 0 Å². The third kappa shape index (κ3) is 3.08. The van der Waals surface area contributed by atoms with Crippen LogP contribution in [0.5, 0.6) is 0 Å². The largest absolute Gasteiger partial charge is 0.393 e. The molecule has 14 heavy (non-hydrogen) atoms. The Morgan fingerprint density at radius 3 is 2.71 bits per heavy atom. The average molecular weight is 260 g/mol. The first-order valence-electron chi connectivity index (χ1n) is 4.11. The van der Waals surface area contributed by atoms with E-state index in [0.717, 1.165) is 5.56 Å². The molecule has 1 N–H and O–H groups in total. The van der Waals surface area contributed by atoms with Crippen molar-refractivity contribution < 1.29 is 10.0 Å². The second kappa shape index (κ2) is 4.52. The number of rotatable bonds is 3. The number of nitrogens with zero attached hydrogens (tertiary/aromatic N) is 1. The van der Waals surface area contributed by atoms with Gasteiger partial charge in [-0.25, -0.2) is 0 Å². The van der Waals surface area contributed by atoms with Crippen molar-refractivity contribution in [1.29, 1.82) is 0 Å². The van der Waals surface area contributed by atoms with Gasteiger partial charge in [0.2, 0.25) is 0 Å². The fourth-order valence-corrected chi connectivity index (χ4v) is 1.73. The number of hydrogen-bond donors (Lipinski definition) is 1. The highest BCUT2D eigenvalue weighted by Crippen LogP contribution is 2.22. The highest BCUT2D eigenvalue weighted by atomic mass is 79.9. The Morgan fingerprint density at radius 2 is 2.21 bits per heavy atom. The van der Waals surface area contributed by atoms with Gasteiger partial charge >= 0.3 is 0 Å². The molecule has 1 atom stereocenters. The van der Waals surface area contributed by atoms with Crippen LogP contribution in [0.25, 0.3) is 0 Å². The van der Waals surface area contributed by atoms with Crippen LogP contribution < -0.4 is 0 Å². The summed E-state index contributed by atoms with van der Waals surface area (Å²) < 4.78 is 0.655. The molecule has 0 aliphatic rings. The third-order valence-corrected chi connectivity index (χ3v) is 2.14. The Morgan fingerprint density at radius 1 is 1.57 bits per heavy atom. The summed E-state index contributed by atoms with van der Waals surface area (Å²) in [7, 11) is 0. The summed E-state index contributed by atoms with van der Waals surface area (Å²) in [5, 5.41) is 19.7. The fraction of sp³-hybridized carbons (Fsp3) is 0.333. The molecule has 5 heteroatoms. The fourth-order valence-electron chi connectivity index (χ4n) is 1.20. The minimum atomic E-state index is -0.496. The molecule has 4 nitrogen and oxygen atoms in total. The Labute approximate surface area is 89.8 Å². The Kier molecular flexibility index (Phi) is 3.60. The highest BCUT2D eigenvalue weighted by molar-refractivity contribution is 9.10. The molecule has 0 aliphatic heterocycles. The molecule has 0 saturated carbocycles. The number of nitro benzene ring substituents is 1. The van der Waals surface area contributed by atoms with Crippen molar-refractivity contribution in [3.63, 3.8) is 0 Å². The number of halogens is 1. The number of non-ortho nitro benzene ring substituents is 1. The van der Waals surface area contributed by atoms with Crippen LogP contribution in [0.4, 0.5) is 5.69 Å². The van der Waals surface area contributed by atoms with Crippen LogP contribution in [0.2, 0.25) is 0 Å². The topological polar surface area (TPSA) is 63.4 Å². The molecule has 0 spiro atoms. The zero-order valence-corrected chi connectivity index (χ0v) is 9.19. The summed E-state index contributed by atoms with van der Waals surface area (Å²) in [6, 6.07) is 4.67. The van der Waals surface area contributed by atoms with Gasteiger partial charge in [-0.15, -0.1) is 0 Å². The molecule has 1 aromatic carbocycles. The molecule has 1 aromatic rings. The molecule has 0 heterocycles. The zero-order valence-electron chi connectivity index (χ0n) is 7.61. The molecule has 0 amide bonds. The minimum absolute atomic E-state index is 0.0371. The second-order valence-corrected chi connectivity index (χ2v) is 4.04. The van der Waals surface area contributed by atoms with Crippen LogP contribution in [-0.4, -0.2) is 16.1 Å². The first-order valence-corrected chi connectivity index (χ1v) is 4.90. The van der Waals surface area contributed by atoms with E-state index in [2.05, 4.69) is 15.9 Å². The van der Waals surface area contributed by atoms with Crippen molar-refractivity contribution in [1.82, 2.24) is 0 Å². The third-order valence-electron chi connectivity index (χ3n) is 1.68. The Hall–Kier alpha value is -0.940. The van der Waals surface area contributed by atoms with Gasteiger partial charge in [-0.05, 0) is 25.0 Å². The molecule has 0 unspecified atom stereocenters. The summed E-state index contributed by atoms with van der Waals surface area (Å²) in [5.41, 5.74) is 0.788. The van der Waals surface area contributed by atoms with Crippen LogP contribution in [-0.2, 0) is 6.42 Å². The monoisotopic (exact) mass is 259 g/mol. The lowest BCUT2D eigenvalue weighted by Gasteiger charge is -2.04. The molecule has 1 rings (SSSR count). The van der Waals surface area contributed by atoms with Gasteiger partial charge in [-0.2, -0.15) is 0 Å². The number of aliphatic hydroxyl groups is 1. The molecule has 0 fully saturated rings. The quantitative estimate of drug-likeness (QED) is 0.669. The van der Waals surface area contributed by atoms with E-state index in [1.807, 2.05) is 0 Å². The van der Waals surface area contributed by atoms with Gasteiger partial charge in [0.25, 0.3) is 5.69 Å². The lowest BCUT2D eigenvalue weighted by atomic mass is 10.1. The van der Waals surface area contributed by atoms with Gasteiger partial charge in [0.1, 0.15) is 0 Å². The zero-order chi connectivity index (χ0) is 10.7. The van der Waals surface area contributed by atoms with Crippen LogP contribution >= 0.6 is 15.9 Å². The highest BCUT2D eigenvalue weighted by Gasteiger charge is 2.09. The summed E-state index contributed by atoms with van der Waals surface area (Å²) in [6.07, 6.45) is -0.0794. The summed E-state index contributed by atoms with van der Waals surface area (Å²) in [4.78, 5) is 10.1. The van der Waals surface area contributed by atoms with Crippen LogP contribution in [0.15, 0.2) is 22.7 Å². The van der Waals surface area contributed by atoms with Crippen LogP contribution in [0.1, 0.15) is 12.5 Å². The maximum absolute atomic E-state index is 10.5. The molecule has 76 valence electrons. The number of benzene rings is 1. The molecule has 0 radical (unpaired) electrons. The van der Waals surface area contributed by atoms with E-state index >= 15 is 0 Å². The lowest BCUT2D eigenvalue weighted by Crippen LogP contribution is -2.04. The number of aliphatic hydroxyl groups excluding tert-OH is 1. The van der Waals surface area contributed by atoms with Crippen molar-refractivity contribution in [3.8, 4) is 0 Å². The van der Waals surface area contributed by atoms with Gasteiger partial charge in [0.05, 0.1) is 11.0 Å². The Balaban J connectivity index is 3.01. The summed E-state index contributed by atoms with van der Waals surface area (Å²) in [6.45, 7) is 1.65. The van der Waals surface area contributed by atoms with Gasteiger partial charge in [-0.1, -0.05) is 15.9 Å². The van der Waals surface area contributed by atoms with E-state index in [9.17, 15) is 10.1 Å². The predicted molar refractivity (Wildman–Crippen MR) is 56.2 cm³/mol. The SMILES string of the molecule is C[C@@H](O)Cc1cc(Br)cc([N+](=O)[O-])c1. The van der Waals surface area contributed by atoms with E-state index in [4.69, 9.17) is 5.11 Å². The average Bonchev–Trinajstić information content (AvgIpc) is 2.01. The maximum Gasteiger partial charge on any atom is 0.270 e. The maximum atomic E-state index is 10.5.